The Bertz CT molecular complexity index is 715. The first-order valence-electron chi connectivity index (χ1n) is 8.70. The fraction of sp³-hybridized carbons (Fsp3) is 0.474. The molecule has 1 aromatic carbocycles. The minimum atomic E-state index is -0.220. The maximum Gasteiger partial charge on any atom is 0.138 e. The molecule has 6 heteroatoms. The standard InChI is InChI=1S/C19H23ClFN3O/c1-3-17-18(20)22-13(2)23-19(17)24-10-8-16(9-11-24)25-12-14-4-6-15(21)7-5-14/h4-7,16H,3,8-12H2,1-2H3. The van der Waals surface area contributed by atoms with Crippen LogP contribution in [0.2, 0.25) is 5.15 Å². The quantitative estimate of drug-likeness (QED) is 0.741. The van der Waals surface area contributed by atoms with Crippen LogP contribution in [0.15, 0.2) is 24.3 Å². The van der Waals surface area contributed by atoms with Crippen LogP contribution in [0, 0.1) is 12.7 Å². The molecule has 2 aromatic rings. The van der Waals surface area contributed by atoms with Crippen molar-refractivity contribution in [3.8, 4) is 0 Å². The second kappa shape index (κ2) is 8.11. The van der Waals surface area contributed by atoms with Gasteiger partial charge in [-0.3, -0.25) is 0 Å². The highest BCUT2D eigenvalue weighted by molar-refractivity contribution is 6.30. The Morgan fingerprint density at radius 2 is 1.88 bits per heavy atom. The maximum absolute atomic E-state index is 12.9. The molecule has 1 fully saturated rings. The average Bonchev–Trinajstić information content (AvgIpc) is 2.61. The van der Waals surface area contributed by atoms with Crippen LogP contribution in [0.1, 0.15) is 36.7 Å². The summed E-state index contributed by atoms with van der Waals surface area (Å²) in [5.74, 6) is 1.44. The van der Waals surface area contributed by atoms with Crippen molar-refractivity contribution in [3.63, 3.8) is 0 Å². The molecule has 0 N–H and O–H groups in total. The highest BCUT2D eigenvalue weighted by atomic mass is 35.5. The summed E-state index contributed by atoms with van der Waals surface area (Å²) >= 11 is 6.28. The molecule has 0 radical (unpaired) electrons. The van der Waals surface area contributed by atoms with Crippen LogP contribution < -0.4 is 4.90 Å². The lowest BCUT2D eigenvalue weighted by molar-refractivity contribution is 0.0250. The number of nitrogens with zero attached hydrogens (tertiary/aromatic N) is 3. The lowest BCUT2D eigenvalue weighted by atomic mass is 10.1. The van der Waals surface area contributed by atoms with Crippen molar-refractivity contribution >= 4 is 17.4 Å². The zero-order valence-corrected chi connectivity index (χ0v) is 15.4. The Balaban J connectivity index is 1.58. The second-order valence-electron chi connectivity index (χ2n) is 6.34. The van der Waals surface area contributed by atoms with Gasteiger partial charge in [-0.15, -0.1) is 0 Å². The van der Waals surface area contributed by atoms with E-state index < -0.39 is 0 Å². The van der Waals surface area contributed by atoms with E-state index >= 15 is 0 Å². The lowest BCUT2D eigenvalue weighted by Gasteiger charge is -2.34. The van der Waals surface area contributed by atoms with E-state index in [9.17, 15) is 4.39 Å². The van der Waals surface area contributed by atoms with E-state index in [1.165, 1.54) is 12.1 Å². The molecule has 1 saturated heterocycles. The summed E-state index contributed by atoms with van der Waals surface area (Å²) in [6.45, 7) is 6.22. The molecule has 4 nitrogen and oxygen atoms in total. The van der Waals surface area contributed by atoms with Gasteiger partial charge >= 0.3 is 0 Å². The van der Waals surface area contributed by atoms with Gasteiger partial charge in [0, 0.05) is 18.7 Å². The average molecular weight is 364 g/mol. The summed E-state index contributed by atoms with van der Waals surface area (Å²) in [5.41, 5.74) is 2.01. The summed E-state index contributed by atoms with van der Waals surface area (Å²) in [6, 6.07) is 6.47. The zero-order valence-electron chi connectivity index (χ0n) is 14.6. The van der Waals surface area contributed by atoms with E-state index in [0.717, 1.165) is 49.3 Å². The Kier molecular flexibility index (Phi) is 5.86. The Hall–Kier alpha value is -1.72. The summed E-state index contributed by atoms with van der Waals surface area (Å²) in [6.07, 6.45) is 2.90. The molecule has 0 bridgehead atoms. The van der Waals surface area contributed by atoms with Crippen LogP contribution in [0.4, 0.5) is 10.2 Å². The third kappa shape index (κ3) is 4.47. The molecule has 2 heterocycles. The topological polar surface area (TPSA) is 38.2 Å². The molecule has 0 saturated carbocycles. The van der Waals surface area contributed by atoms with Crippen molar-refractivity contribution in [1.82, 2.24) is 9.97 Å². The van der Waals surface area contributed by atoms with Crippen molar-refractivity contribution in [3.05, 3.63) is 52.2 Å². The van der Waals surface area contributed by atoms with Crippen LogP contribution in [0.3, 0.4) is 0 Å². The van der Waals surface area contributed by atoms with Crippen LogP contribution in [0.5, 0.6) is 0 Å². The molecule has 0 spiro atoms. The molecule has 0 atom stereocenters. The van der Waals surface area contributed by atoms with E-state index in [1.807, 2.05) is 6.92 Å². The number of rotatable bonds is 5. The molecule has 1 aromatic heterocycles. The van der Waals surface area contributed by atoms with Gasteiger partial charge in [-0.25, -0.2) is 14.4 Å². The SMILES string of the molecule is CCc1c(Cl)nc(C)nc1N1CCC(OCc2ccc(F)cc2)CC1. The molecule has 1 aliphatic heterocycles. The van der Waals surface area contributed by atoms with Gasteiger partial charge in [-0.1, -0.05) is 30.7 Å². The predicted molar refractivity (Wildman–Crippen MR) is 97.6 cm³/mol. The molecule has 134 valence electrons. The molecule has 3 rings (SSSR count). The van der Waals surface area contributed by atoms with E-state index in [4.69, 9.17) is 16.3 Å². The van der Waals surface area contributed by atoms with E-state index in [-0.39, 0.29) is 11.9 Å². The number of anilines is 1. The van der Waals surface area contributed by atoms with Gasteiger partial charge in [0.15, 0.2) is 0 Å². The molecular weight excluding hydrogens is 341 g/mol. The predicted octanol–water partition coefficient (Wildman–Crippen LogP) is 4.33. The minimum absolute atomic E-state index is 0.213. The molecule has 1 aliphatic rings. The van der Waals surface area contributed by atoms with Crippen molar-refractivity contribution in [2.75, 3.05) is 18.0 Å². The van der Waals surface area contributed by atoms with Crippen molar-refractivity contribution in [2.24, 2.45) is 0 Å². The molecule has 0 unspecified atom stereocenters. The summed E-state index contributed by atoms with van der Waals surface area (Å²) in [4.78, 5) is 11.1. The Labute approximate surface area is 153 Å². The lowest BCUT2D eigenvalue weighted by Crippen LogP contribution is -2.38. The zero-order chi connectivity index (χ0) is 17.8. The number of aromatic nitrogens is 2. The number of ether oxygens (including phenoxy) is 1. The van der Waals surface area contributed by atoms with E-state index in [1.54, 1.807) is 12.1 Å². The number of piperidine rings is 1. The number of aryl methyl sites for hydroxylation is 1. The molecule has 25 heavy (non-hydrogen) atoms. The normalized spacial score (nSPS) is 15.6. The highest BCUT2D eigenvalue weighted by Crippen LogP contribution is 2.28. The number of benzene rings is 1. The van der Waals surface area contributed by atoms with Gasteiger partial charge in [0.1, 0.15) is 22.6 Å². The summed E-state index contributed by atoms with van der Waals surface area (Å²) in [5, 5.41) is 0.555. The maximum atomic E-state index is 12.9. The highest BCUT2D eigenvalue weighted by Gasteiger charge is 2.23. The second-order valence-corrected chi connectivity index (χ2v) is 6.70. The van der Waals surface area contributed by atoms with E-state index in [2.05, 4.69) is 21.8 Å². The van der Waals surface area contributed by atoms with Gasteiger partial charge < -0.3 is 9.64 Å². The van der Waals surface area contributed by atoms with Gasteiger partial charge in [-0.05, 0) is 43.9 Å². The number of hydrogen-bond acceptors (Lipinski definition) is 4. The minimum Gasteiger partial charge on any atom is -0.373 e. The monoisotopic (exact) mass is 363 g/mol. The van der Waals surface area contributed by atoms with Crippen molar-refractivity contribution in [1.29, 1.82) is 0 Å². The Morgan fingerprint density at radius 1 is 1.20 bits per heavy atom. The van der Waals surface area contributed by atoms with Crippen molar-refractivity contribution in [2.45, 2.75) is 45.8 Å². The van der Waals surface area contributed by atoms with Gasteiger partial charge in [0.25, 0.3) is 0 Å². The largest absolute Gasteiger partial charge is 0.373 e. The first-order chi connectivity index (χ1) is 12.1. The fourth-order valence-corrected chi connectivity index (χ4v) is 3.48. The first-order valence-corrected chi connectivity index (χ1v) is 9.08. The molecular formula is C19H23ClFN3O. The first kappa shape index (κ1) is 18.1. The third-order valence-electron chi connectivity index (χ3n) is 4.54. The van der Waals surface area contributed by atoms with Gasteiger partial charge in [-0.2, -0.15) is 0 Å². The van der Waals surface area contributed by atoms with Gasteiger partial charge in [0.05, 0.1) is 12.7 Å². The van der Waals surface area contributed by atoms with E-state index in [0.29, 0.717) is 17.6 Å². The summed E-state index contributed by atoms with van der Waals surface area (Å²) in [7, 11) is 0. The van der Waals surface area contributed by atoms with Gasteiger partial charge in [0.2, 0.25) is 0 Å². The summed E-state index contributed by atoms with van der Waals surface area (Å²) < 4.78 is 18.9. The number of halogens is 2. The van der Waals surface area contributed by atoms with Crippen LogP contribution in [-0.2, 0) is 17.8 Å². The van der Waals surface area contributed by atoms with Crippen LogP contribution >= 0.6 is 11.6 Å². The van der Waals surface area contributed by atoms with Crippen LogP contribution in [0.25, 0.3) is 0 Å². The molecule has 0 aliphatic carbocycles. The van der Waals surface area contributed by atoms with Crippen molar-refractivity contribution < 1.29 is 9.13 Å². The number of hydrogen-bond donors (Lipinski definition) is 0. The molecule has 0 amide bonds. The van der Waals surface area contributed by atoms with Crippen LogP contribution in [-0.4, -0.2) is 29.2 Å². The fourth-order valence-electron chi connectivity index (χ4n) is 3.14. The third-order valence-corrected chi connectivity index (χ3v) is 4.85. The Morgan fingerprint density at radius 3 is 2.52 bits per heavy atom. The smallest absolute Gasteiger partial charge is 0.138 e.